The topological polar surface area (TPSA) is 67.9 Å². The second kappa shape index (κ2) is 19.0. The number of anilines is 1. The highest BCUT2D eigenvalue weighted by Crippen LogP contribution is 2.52. The molecule has 1 aliphatic heterocycles. The fraction of sp³-hybridized carbons (Fsp3) is 0.240. The number of nitrogens with zero attached hydrogens (tertiary/aromatic N) is 1. The first-order valence-electron chi connectivity index (χ1n) is 20.3. The van der Waals surface area contributed by atoms with Gasteiger partial charge in [0.2, 0.25) is 34.8 Å². The quantitative estimate of drug-likeness (QED) is 0.0311. The van der Waals surface area contributed by atoms with Crippen LogP contribution in [0.3, 0.4) is 0 Å². The Hall–Kier alpha value is -6.21. The van der Waals surface area contributed by atoms with Gasteiger partial charge >= 0.3 is 12.1 Å². The maximum atomic E-state index is 14.7. The van der Waals surface area contributed by atoms with Gasteiger partial charge in [0.15, 0.2) is 0 Å². The van der Waals surface area contributed by atoms with Crippen LogP contribution >= 0.6 is 11.8 Å². The molecule has 0 bridgehead atoms. The zero-order chi connectivity index (χ0) is 44.9. The lowest BCUT2D eigenvalue weighted by Gasteiger charge is -2.37. The second-order valence-corrected chi connectivity index (χ2v) is 17.7. The summed E-state index contributed by atoms with van der Waals surface area (Å²) in [6, 6.07) is 40.4. The number of benzene rings is 6. The summed E-state index contributed by atoms with van der Waals surface area (Å²) in [5.74, 6) is -15.1. The maximum Gasteiger partial charge on any atom is 0.410 e. The van der Waals surface area contributed by atoms with Gasteiger partial charge in [-0.3, -0.25) is 0 Å². The molecular weight excluding hydrogens is 839 g/mol. The zero-order valence-electron chi connectivity index (χ0n) is 34.6. The summed E-state index contributed by atoms with van der Waals surface area (Å²) < 4.78 is 95.2. The highest BCUT2D eigenvalue weighted by Gasteiger charge is 2.45. The van der Waals surface area contributed by atoms with Crippen molar-refractivity contribution in [2.75, 3.05) is 18.4 Å². The summed E-state index contributed by atoms with van der Waals surface area (Å²) in [6.07, 6.45) is 0.479. The van der Waals surface area contributed by atoms with Crippen LogP contribution in [-0.2, 0) is 22.3 Å². The van der Waals surface area contributed by atoms with E-state index in [-0.39, 0.29) is 23.8 Å². The summed E-state index contributed by atoms with van der Waals surface area (Å²) >= 11 is 1.74. The van der Waals surface area contributed by atoms with Crippen LogP contribution in [0.2, 0.25) is 0 Å². The Balaban J connectivity index is 1.20. The number of hydrogen-bond acceptors (Lipinski definition) is 6. The number of aryl methyl sites for hydroxylation is 2. The third-order valence-corrected chi connectivity index (χ3v) is 12.5. The number of esters is 1. The number of halogens is 6. The summed E-state index contributed by atoms with van der Waals surface area (Å²) in [4.78, 5) is 29.3. The van der Waals surface area contributed by atoms with Crippen molar-refractivity contribution < 1.29 is 45.4 Å². The summed E-state index contributed by atoms with van der Waals surface area (Å²) in [5.41, 5.74) is 3.55. The molecule has 2 atom stereocenters. The van der Waals surface area contributed by atoms with Gasteiger partial charge in [-0.05, 0) is 92.1 Å². The standard InChI is InChI=1S/C50H44F6N2O4S/c1-49(2,3)62-48(60)58-30-39(63-50(33-13-7-4-8-14-33,34-15-9-5-10-16-34)35-17-11-6-12-18-35)28-38(58)29-57-37-26-23-32(22-19-31-20-24-36(51)25-21-31)40(27-37)47(59)61-46-44(55)42(53)41(52)43(54)45(46)56/h4-18,20-21,23-27,38-39,57H,19,22,28-30H2,1-3H3. The van der Waals surface area contributed by atoms with Gasteiger partial charge in [0.1, 0.15) is 11.4 Å². The molecule has 0 spiro atoms. The van der Waals surface area contributed by atoms with E-state index in [0.29, 0.717) is 36.2 Å². The van der Waals surface area contributed by atoms with Crippen LogP contribution in [0.4, 0.5) is 36.8 Å². The van der Waals surface area contributed by atoms with Gasteiger partial charge in [-0.2, -0.15) is 8.78 Å². The summed E-state index contributed by atoms with van der Waals surface area (Å²) in [7, 11) is 0. The van der Waals surface area contributed by atoms with Gasteiger partial charge in [-0.25, -0.2) is 27.2 Å². The van der Waals surface area contributed by atoms with Crippen molar-refractivity contribution in [3.05, 3.63) is 202 Å². The average molecular weight is 883 g/mol. The molecular formula is C50H44F6N2O4S. The van der Waals surface area contributed by atoms with Gasteiger partial charge in [-0.15, -0.1) is 11.8 Å². The van der Waals surface area contributed by atoms with Crippen molar-refractivity contribution >= 4 is 29.5 Å². The van der Waals surface area contributed by atoms with E-state index in [1.165, 1.54) is 18.2 Å². The number of carbonyl (C=O) groups is 2. The first-order chi connectivity index (χ1) is 30.1. The number of nitrogens with one attached hydrogen (secondary N) is 1. The van der Waals surface area contributed by atoms with E-state index in [9.17, 15) is 35.9 Å². The molecule has 0 saturated carbocycles. The fourth-order valence-corrected chi connectivity index (χ4v) is 9.62. The minimum Gasteiger partial charge on any atom is -0.444 e. The van der Waals surface area contributed by atoms with Crippen LogP contribution in [0, 0.1) is 34.9 Å². The Morgan fingerprint density at radius 1 is 0.683 bits per heavy atom. The molecule has 1 fully saturated rings. The number of carbonyl (C=O) groups excluding carboxylic acids is 2. The average Bonchev–Trinajstić information content (AvgIpc) is 3.70. The molecule has 1 heterocycles. The van der Waals surface area contributed by atoms with Crippen LogP contribution in [0.25, 0.3) is 0 Å². The molecule has 63 heavy (non-hydrogen) atoms. The minimum absolute atomic E-state index is 0.120. The van der Waals surface area contributed by atoms with Gasteiger partial charge < -0.3 is 19.7 Å². The maximum absolute atomic E-state index is 14.7. The van der Waals surface area contributed by atoms with Crippen molar-refractivity contribution in [2.24, 2.45) is 0 Å². The van der Waals surface area contributed by atoms with Crippen molar-refractivity contribution in [1.29, 1.82) is 0 Å². The van der Waals surface area contributed by atoms with E-state index in [1.807, 2.05) is 54.6 Å². The highest BCUT2D eigenvalue weighted by atomic mass is 32.2. The monoisotopic (exact) mass is 882 g/mol. The van der Waals surface area contributed by atoms with E-state index in [4.69, 9.17) is 9.47 Å². The van der Waals surface area contributed by atoms with E-state index >= 15 is 0 Å². The van der Waals surface area contributed by atoms with Crippen LogP contribution in [0.15, 0.2) is 133 Å². The number of hydrogen-bond donors (Lipinski definition) is 1. The molecule has 1 saturated heterocycles. The Morgan fingerprint density at radius 3 is 1.73 bits per heavy atom. The molecule has 1 aliphatic rings. The number of ether oxygens (including phenoxy) is 2. The molecule has 13 heteroatoms. The SMILES string of the molecule is CC(C)(C)OC(=O)N1CC(SC(c2ccccc2)(c2ccccc2)c2ccccc2)CC1CNc1ccc(CCc2ccc(F)cc2)c(C(=O)Oc2c(F)c(F)c(F)c(F)c2F)c1. The normalized spacial score (nSPS) is 15.3. The van der Waals surface area contributed by atoms with Crippen LogP contribution in [0.1, 0.15) is 65.4 Å². The predicted octanol–water partition coefficient (Wildman–Crippen LogP) is 12.0. The van der Waals surface area contributed by atoms with Crippen LogP contribution in [0.5, 0.6) is 5.75 Å². The van der Waals surface area contributed by atoms with Gasteiger partial charge in [0.25, 0.3) is 0 Å². The molecule has 1 amide bonds. The van der Waals surface area contributed by atoms with Crippen LogP contribution < -0.4 is 10.1 Å². The summed E-state index contributed by atoms with van der Waals surface area (Å²) in [6.45, 7) is 5.87. The van der Waals surface area contributed by atoms with Crippen molar-refractivity contribution in [3.8, 4) is 5.75 Å². The van der Waals surface area contributed by atoms with Gasteiger partial charge in [0.05, 0.1) is 16.4 Å². The highest BCUT2D eigenvalue weighted by molar-refractivity contribution is 8.01. The Bertz CT molecular complexity index is 2430. The zero-order valence-corrected chi connectivity index (χ0v) is 35.5. The first-order valence-corrected chi connectivity index (χ1v) is 21.2. The summed E-state index contributed by atoms with van der Waals surface area (Å²) in [5, 5.41) is 3.18. The largest absolute Gasteiger partial charge is 0.444 e. The molecule has 6 aromatic rings. The Labute approximate surface area is 366 Å². The van der Waals surface area contributed by atoms with E-state index < -0.39 is 69.1 Å². The lowest BCUT2D eigenvalue weighted by molar-refractivity contribution is 0.0235. The van der Waals surface area contributed by atoms with Crippen molar-refractivity contribution in [1.82, 2.24) is 4.90 Å². The smallest absolute Gasteiger partial charge is 0.410 e. The molecule has 2 unspecified atom stereocenters. The molecule has 0 radical (unpaired) electrons. The van der Waals surface area contributed by atoms with Crippen molar-refractivity contribution in [3.63, 3.8) is 0 Å². The third-order valence-electron chi connectivity index (χ3n) is 10.7. The minimum atomic E-state index is -2.39. The number of amides is 1. The number of thioether (sulfide) groups is 1. The third kappa shape index (κ3) is 10.0. The van der Waals surface area contributed by atoms with Crippen molar-refractivity contribution in [2.45, 2.75) is 61.7 Å². The molecule has 0 aliphatic carbocycles. The molecule has 6 aromatic carbocycles. The molecule has 7 rings (SSSR count). The fourth-order valence-electron chi connectivity index (χ4n) is 7.75. The number of likely N-dealkylation sites (tertiary alicyclic amines) is 1. The number of rotatable bonds is 13. The molecule has 6 nitrogen and oxygen atoms in total. The van der Waals surface area contributed by atoms with E-state index in [0.717, 1.165) is 16.7 Å². The lowest BCUT2D eigenvalue weighted by Crippen LogP contribution is -2.42. The molecule has 326 valence electrons. The predicted molar refractivity (Wildman–Crippen MR) is 232 cm³/mol. The molecule has 0 aromatic heterocycles. The van der Waals surface area contributed by atoms with Gasteiger partial charge in [0, 0.05) is 24.0 Å². The Kier molecular flexibility index (Phi) is 13.5. The Morgan fingerprint density at radius 2 is 1.21 bits per heavy atom. The van der Waals surface area contributed by atoms with E-state index in [1.54, 1.807) is 61.7 Å². The van der Waals surface area contributed by atoms with E-state index in [2.05, 4.69) is 41.7 Å². The van der Waals surface area contributed by atoms with Crippen LogP contribution in [-0.4, -0.2) is 46.9 Å². The first kappa shape index (κ1) is 44.8. The second-order valence-electron chi connectivity index (χ2n) is 16.2. The molecule has 1 N–H and O–H groups in total. The lowest BCUT2D eigenvalue weighted by atomic mass is 9.84. The van der Waals surface area contributed by atoms with Gasteiger partial charge in [-0.1, -0.05) is 109 Å².